The van der Waals surface area contributed by atoms with Crippen molar-refractivity contribution in [3.63, 3.8) is 0 Å². The lowest BCUT2D eigenvalue weighted by molar-refractivity contribution is 0.599. The average Bonchev–Trinajstić information content (AvgIpc) is 2.27. The lowest BCUT2D eigenvalue weighted by atomic mass is 10.0. The van der Waals surface area contributed by atoms with Gasteiger partial charge in [-0.2, -0.15) is 0 Å². The van der Waals surface area contributed by atoms with Crippen LogP contribution in [-0.2, 0) is 9.84 Å². The number of hydrogen-bond donors (Lipinski definition) is 0. The van der Waals surface area contributed by atoms with E-state index in [4.69, 9.17) is 0 Å². The van der Waals surface area contributed by atoms with Crippen molar-refractivity contribution in [1.29, 1.82) is 0 Å². The molecule has 0 atom stereocenters. The zero-order valence-corrected chi connectivity index (χ0v) is 11.7. The van der Waals surface area contributed by atoms with Crippen molar-refractivity contribution >= 4 is 9.84 Å². The molecule has 0 aromatic heterocycles. The second-order valence-electron chi connectivity index (χ2n) is 5.07. The van der Waals surface area contributed by atoms with Gasteiger partial charge in [-0.25, -0.2) is 8.42 Å². The Morgan fingerprint density at radius 1 is 0.895 bits per heavy atom. The van der Waals surface area contributed by atoms with Crippen molar-refractivity contribution < 1.29 is 8.42 Å². The van der Waals surface area contributed by atoms with E-state index in [2.05, 4.69) is 13.2 Å². The minimum Gasteiger partial charge on any atom is -0.228 e. The molecule has 19 heavy (non-hydrogen) atoms. The Labute approximate surface area is 115 Å². The maximum Gasteiger partial charge on any atom is 0.157 e. The van der Waals surface area contributed by atoms with Gasteiger partial charge in [-0.1, -0.05) is 71.9 Å². The molecule has 0 amide bonds. The minimum atomic E-state index is -3.11. The molecule has 0 saturated carbocycles. The van der Waals surface area contributed by atoms with E-state index in [9.17, 15) is 8.42 Å². The van der Waals surface area contributed by atoms with Gasteiger partial charge in [0.15, 0.2) is 9.84 Å². The monoisotopic (exact) mass is 274 g/mol. The molecule has 0 bridgehead atoms. The van der Waals surface area contributed by atoms with Crippen LogP contribution in [0.5, 0.6) is 0 Å². The largest absolute Gasteiger partial charge is 0.228 e. The van der Waals surface area contributed by atoms with Crippen molar-refractivity contribution in [2.75, 3.05) is 11.5 Å². The predicted molar refractivity (Wildman–Crippen MR) is 80.6 cm³/mol. The Morgan fingerprint density at radius 2 is 1.32 bits per heavy atom. The third kappa shape index (κ3) is 4.21. The topological polar surface area (TPSA) is 34.1 Å². The SMILES string of the molecule is C=C1C=CC=C(CS(=O)(=O)CC2=CC=CC(=C)C2)C1. The predicted octanol–water partition coefficient (Wildman–Crippen LogP) is 3.29. The Balaban J connectivity index is 2.03. The third-order valence-electron chi connectivity index (χ3n) is 3.05. The van der Waals surface area contributed by atoms with Crippen LogP contribution in [0.25, 0.3) is 0 Å². The molecule has 100 valence electrons. The molecule has 3 heteroatoms. The molecular formula is C16H18O2S. The Bertz CT molecular complexity index is 576. The molecule has 0 N–H and O–H groups in total. The van der Waals surface area contributed by atoms with Crippen LogP contribution in [0.15, 0.2) is 71.9 Å². The fourth-order valence-corrected chi connectivity index (χ4v) is 3.90. The highest BCUT2D eigenvalue weighted by Crippen LogP contribution is 2.21. The van der Waals surface area contributed by atoms with Gasteiger partial charge in [-0.05, 0) is 12.8 Å². The van der Waals surface area contributed by atoms with Crippen LogP contribution in [0.2, 0.25) is 0 Å². The molecule has 0 fully saturated rings. The van der Waals surface area contributed by atoms with Crippen molar-refractivity contribution in [3.8, 4) is 0 Å². The molecular weight excluding hydrogens is 256 g/mol. The number of allylic oxidation sites excluding steroid dienone is 8. The Kier molecular flexibility index (Phi) is 4.05. The van der Waals surface area contributed by atoms with Gasteiger partial charge in [0.05, 0.1) is 11.5 Å². The average molecular weight is 274 g/mol. The van der Waals surface area contributed by atoms with E-state index < -0.39 is 9.84 Å². The first-order valence-corrected chi connectivity index (χ1v) is 8.05. The summed E-state index contributed by atoms with van der Waals surface area (Å²) >= 11 is 0. The van der Waals surface area contributed by atoms with Crippen LogP contribution in [0.1, 0.15) is 12.8 Å². The van der Waals surface area contributed by atoms with Crippen molar-refractivity contribution in [1.82, 2.24) is 0 Å². The molecule has 0 aromatic rings. The molecule has 0 heterocycles. The summed E-state index contributed by atoms with van der Waals surface area (Å²) in [5.41, 5.74) is 3.75. The summed E-state index contributed by atoms with van der Waals surface area (Å²) in [6, 6.07) is 0. The van der Waals surface area contributed by atoms with E-state index in [-0.39, 0.29) is 11.5 Å². The Morgan fingerprint density at radius 3 is 1.68 bits per heavy atom. The first-order valence-electron chi connectivity index (χ1n) is 6.23. The van der Waals surface area contributed by atoms with Crippen molar-refractivity contribution in [3.05, 3.63) is 71.9 Å². The lowest BCUT2D eigenvalue weighted by Crippen LogP contribution is -2.16. The van der Waals surface area contributed by atoms with E-state index in [1.165, 1.54) is 0 Å². The summed E-state index contributed by atoms with van der Waals surface area (Å²) < 4.78 is 24.4. The molecule has 0 aromatic carbocycles. The molecule has 2 aliphatic carbocycles. The fourth-order valence-electron chi connectivity index (χ4n) is 2.27. The smallest absolute Gasteiger partial charge is 0.157 e. The first kappa shape index (κ1) is 13.8. The lowest BCUT2D eigenvalue weighted by Gasteiger charge is -2.14. The van der Waals surface area contributed by atoms with Gasteiger partial charge >= 0.3 is 0 Å². The van der Waals surface area contributed by atoms with Crippen LogP contribution < -0.4 is 0 Å². The van der Waals surface area contributed by atoms with Gasteiger partial charge in [0.1, 0.15) is 0 Å². The van der Waals surface area contributed by atoms with E-state index >= 15 is 0 Å². The van der Waals surface area contributed by atoms with Crippen LogP contribution in [-0.4, -0.2) is 19.9 Å². The summed E-state index contributed by atoms with van der Waals surface area (Å²) in [6.07, 6.45) is 12.6. The van der Waals surface area contributed by atoms with Crippen molar-refractivity contribution in [2.45, 2.75) is 12.8 Å². The van der Waals surface area contributed by atoms with Crippen molar-refractivity contribution in [2.24, 2.45) is 0 Å². The summed E-state index contributed by atoms with van der Waals surface area (Å²) in [5, 5.41) is 0. The van der Waals surface area contributed by atoms with Gasteiger partial charge in [0, 0.05) is 0 Å². The molecule has 0 unspecified atom stereocenters. The summed E-state index contributed by atoms with van der Waals surface area (Å²) in [6.45, 7) is 7.73. The standard InChI is InChI=1S/C16H18O2S/c1-13-5-3-7-15(9-13)11-19(17,18)12-16-8-4-6-14(2)10-16/h3-8H,1-2,9-12H2. The molecule has 2 aliphatic rings. The Hall–Kier alpha value is -1.61. The normalized spacial score (nSPS) is 19.4. The van der Waals surface area contributed by atoms with Gasteiger partial charge in [-0.3, -0.25) is 0 Å². The fraction of sp³-hybridized carbons (Fsp3) is 0.250. The van der Waals surface area contributed by atoms with Crippen LogP contribution in [0.3, 0.4) is 0 Å². The van der Waals surface area contributed by atoms with Gasteiger partial charge < -0.3 is 0 Å². The van der Waals surface area contributed by atoms with Crippen LogP contribution in [0, 0.1) is 0 Å². The maximum absolute atomic E-state index is 12.2. The number of rotatable bonds is 4. The van der Waals surface area contributed by atoms with Gasteiger partial charge in [0.25, 0.3) is 0 Å². The number of sulfone groups is 1. The first-order chi connectivity index (χ1) is 8.94. The molecule has 2 rings (SSSR count). The summed E-state index contributed by atoms with van der Waals surface area (Å²) in [4.78, 5) is 0. The molecule has 0 aliphatic heterocycles. The van der Waals surface area contributed by atoms with E-state index in [0.29, 0.717) is 12.8 Å². The highest BCUT2D eigenvalue weighted by Gasteiger charge is 2.18. The zero-order chi connectivity index (χ0) is 13.9. The van der Waals surface area contributed by atoms with Crippen LogP contribution in [0.4, 0.5) is 0 Å². The molecule has 0 spiro atoms. The van der Waals surface area contributed by atoms with Crippen LogP contribution >= 0.6 is 0 Å². The minimum absolute atomic E-state index is 0.115. The van der Waals surface area contributed by atoms with Gasteiger partial charge in [-0.15, -0.1) is 0 Å². The van der Waals surface area contributed by atoms with Gasteiger partial charge in [0.2, 0.25) is 0 Å². The van der Waals surface area contributed by atoms with E-state index in [1.807, 2.05) is 36.5 Å². The summed E-state index contributed by atoms with van der Waals surface area (Å²) in [5.74, 6) is 0.230. The highest BCUT2D eigenvalue weighted by molar-refractivity contribution is 7.91. The quantitative estimate of drug-likeness (QED) is 0.788. The second-order valence-corrected chi connectivity index (χ2v) is 7.13. The molecule has 0 saturated heterocycles. The number of hydrogen-bond acceptors (Lipinski definition) is 2. The summed E-state index contributed by atoms with van der Waals surface area (Å²) in [7, 11) is -3.11. The van der Waals surface area contributed by atoms with E-state index in [1.54, 1.807) is 0 Å². The second kappa shape index (κ2) is 5.57. The molecule has 0 radical (unpaired) electrons. The molecule has 2 nitrogen and oxygen atoms in total. The van der Waals surface area contributed by atoms with E-state index in [0.717, 1.165) is 22.3 Å². The maximum atomic E-state index is 12.2. The third-order valence-corrected chi connectivity index (χ3v) is 4.67. The highest BCUT2D eigenvalue weighted by atomic mass is 32.2. The zero-order valence-electron chi connectivity index (χ0n) is 10.9.